The number of nitrogens with one attached hydrogen (secondary N) is 2. The molecule has 2 N–H and O–H groups in total. The summed E-state index contributed by atoms with van der Waals surface area (Å²) in [5, 5.41) is 6.11. The zero-order valence-corrected chi connectivity index (χ0v) is 10.1. The standard InChI is InChI=1S/C14H18N2O/c1-11-6-8-13(9-7-11)16-14(17)10-15-12-4-2-3-5-12/h2-3,6-9,12,15H,4-5,10H2,1H3,(H,16,17). The van der Waals surface area contributed by atoms with Gasteiger partial charge in [-0.25, -0.2) is 0 Å². The van der Waals surface area contributed by atoms with Crippen LogP contribution in [0.15, 0.2) is 36.4 Å². The summed E-state index contributed by atoms with van der Waals surface area (Å²) in [4.78, 5) is 11.7. The van der Waals surface area contributed by atoms with Crippen molar-refractivity contribution in [2.24, 2.45) is 0 Å². The van der Waals surface area contributed by atoms with Crippen molar-refractivity contribution < 1.29 is 4.79 Å². The second-order valence-corrected chi connectivity index (χ2v) is 4.43. The van der Waals surface area contributed by atoms with Gasteiger partial charge in [-0.2, -0.15) is 0 Å². The Hall–Kier alpha value is -1.61. The van der Waals surface area contributed by atoms with Gasteiger partial charge in [-0.05, 0) is 31.9 Å². The quantitative estimate of drug-likeness (QED) is 0.779. The highest BCUT2D eigenvalue weighted by Crippen LogP contribution is 2.10. The van der Waals surface area contributed by atoms with Crippen molar-refractivity contribution in [2.45, 2.75) is 25.8 Å². The van der Waals surface area contributed by atoms with Gasteiger partial charge in [0.05, 0.1) is 6.54 Å². The highest BCUT2D eigenvalue weighted by molar-refractivity contribution is 5.92. The maximum atomic E-state index is 11.7. The maximum absolute atomic E-state index is 11.7. The Morgan fingerprint density at radius 1 is 1.24 bits per heavy atom. The number of anilines is 1. The van der Waals surface area contributed by atoms with Crippen LogP contribution in [-0.4, -0.2) is 18.5 Å². The molecule has 0 heterocycles. The van der Waals surface area contributed by atoms with Gasteiger partial charge in [0, 0.05) is 11.7 Å². The summed E-state index contributed by atoms with van der Waals surface area (Å²) in [7, 11) is 0. The molecule has 2 rings (SSSR count). The molecule has 3 heteroatoms. The van der Waals surface area contributed by atoms with E-state index in [2.05, 4.69) is 22.8 Å². The largest absolute Gasteiger partial charge is 0.325 e. The molecule has 1 aliphatic rings. The van der Waals surface area contributed by atoms with Crippen molar-refractivity contribution in [3.8, 4) is 0 Å². The van der Waals surface area contributed by atoms with Gasteiger partial charge in [-0.3, -0.25) is 4.79 Å². The van der Waals surface area contributed by atoms with Crippen molar-refractivity contribution in [2.75, 3.05) is 11.9 Å². The van der Waals surface area contributed by atoms with Gasteiger partial charge in [-0.1, -0.05) is 29.8 Å². The van der Waals surface area contributed by atoms with Crippen molar-refractivity contribution in [1.82, 2.24) is 5.32 Å². The number of carbonyl (C=O) groups excluding carboxylic acids is 1. The van der Waals surface area contributed by atoms with E-state index in [1.807, 2.05) is 31.2 Å². The van der Waals surface area contributed by atoms with Gasteiger partial charge < -0.3 is 10.6 Å². The topological polar surface area (TPSA) is 41.1 Å². The highest BCUT2D eigenvalue weighted by atomic mass is 16.1. The number of benzene rings is 1. The van der Waals surface area contributed by atoms with Crippen LogP contribution in [-0.2, 0) is 4.79 Å². The van der Waals surface area contributed by atoms with Crippen LogP contribution in [0.4, 0.5) is 5.69 Å². The summed E-state index contributed by atoms with van der Waals surface area (Å²) in [6.07, 6.45) is 6.35. The molecule has 0 aromatic heterocycles. The Morgan fingerprint density at radius 3 is 2.53 bits per heavy atom. The summed E-state index contributed by atoms with van der Waals surface area (Å²) in [6.45, 7) is 2.40. The molecule has 0 bridgehead atoms. The molecule has 1 aromatic rings. The van der Waals surface area contributed by atoms with Crippen molar-refractivity contribution in [3.05, 3.63) is 42.0 Å². The molecule has 0 radical (unpaired) electrons. The van der Waals surface area contributed by atoms with E-state index in [9.17, 15) is 4.79 Å². The van der Waals surface area contributed by atoms with Gasteiger partial charge in [0.1, 0.15) is 0 Å². The van der Waals surface area contributed by atoms with Gasteiger partial charge >= 0.3 is 0 Å². The van der Waals surface area contributed by atoms with Gasteiger partial charge in [0.25, 0.3) is 0 Å². The maximum Gasteiger partial charge on any atom is 0.238 e. The van der Waals surface area contributed by atoms with E-state index in [0.29, 0.717) is 12.6 Å². The Kier molecular flexibility index (Phi) is 3.94. The highest BCUT2D eigenvalue weighted by Gasteiger charge is 2.10. The van der Waals surface area contributed by atoms with Gasteiger partial charge in [0.2, 0.25) is 5.91 Å². The Morgan fingerprint density at radius 2 is 1.88 bits per heavy atom. The van der Waals surface area contributed by atoms with E-state index in [1.54, 1.807) is 0 Å². The van der Waals surface area contributed by atoms with Crippen LogP contribution in [0.25, 0.3) is 0 Å². The van der Waals surface area contributed by atoms with Crippen LogP contribution in [0, 0.1) is 6.92 Å². The molecule has 0 aliphatic heterocycles. The average molecular weight is 230 g/mol. The number of hydrogen-bond donors (Lipinski definition) is 2. The molecule has 1 aromatic carbocycles. The smallest absolute Gasteiger partial charge is 0.238 e. The van der Waals surface area contributed by atoms with Crippen LogP contribution >= 0.6 is 0 Å². The van der Waals surface area contributed by atoms with E-state index in [0.717, 1.165) is 18.5 Å². The third-order valence-corrected chi connectivity index (χ3v) is 2.89. The number of aryl methyl sites for hydroxylation is 1. The molecule has 3 nitrogen and oxygen atoms in total. The normalized spacial score (nSPS) is 15.1. The molecule has 0 atom stereocenters. The Balaban J connectivity index is 1.75. The first-order chi connectivity index (χ1) is 8.24. The predicted molar refractivity (Wildman–Crippen MR) is 70.0 cm³/mol. The fourth-order valence-electron chi connectivity index (χ4n) is 1.86. The van der Waals surface area contributed by atoms with Crippen molar-refractivity contribution in [1.29, 1.82) is 0 Å². The van der Waals surface area contributed by atoms with Crippen LogP contribution < -0.4 is 10.6 Å². The van der Waals surface area contributed by atoms with Crippen molar-refractivity contribution in [3.63, 3.8) is 0 Å². The van der Waals surface area contributed by atoms with Crippen LogP contribution in [0.2, 0.25) is 0 Å². The van der Waals surface area contributed by atoms with Gasteiger partial charge in [-0.15, -0.1) is 0 Å². The molecule has 1 aliphatic carbocycles. The molecular formula is C14H18N2O. The SMILES string of the molecule is Cc1ccc(NC(=O)CNC2CC=CC2)cc1. The molecular weight excluding hydrogens is 212 g/mol. The predicted octanol–water partition coefficient (Wildman–Crippen LogP) is 2.24. The first-order valence-electron chi connectivity index (χ1n) is 5.99. The fourth-order valence-corrected chi connectivity index (χ4v) is 1.86. The van der Waals surface area contributed by atoms with E-state index in [4.69, 9.17) is 0 Å². The minimum absolute atomic E-state index is 0.0146. The van der Waals surface area contributed by atoms with Crippen LogP contribution in [0.1, 0.15) is 18.4 Å². The Bertz CT molecular complexity index is 401. The van der Waals surface area contributed by atoms with Crippen molar-refractivity contribution >= 4 is 11.6 Å². The minimum Gasteiger partial charge on any atom is -0.325 e. The number of amides is 1. The summed E-state index contributed by atoms with van der Waals surface area (Å²) in [5.41, 5.74) is 2.05. The molecule has 0 unspecified atom stereocenters. The second kappa shape index (κ2) is 5.64. The first-order valence-corrected chi connectivity index (χ1v) is 5.99. The van der Waals surface area contributed by atoms with E-state index >= 15 is 0 Å². The molecule has 0 saturated heterocycles. The van der Waals surface area contributed by atoms with Crippen LogP contribution in [0.5, 0.6) is 0 Å². The summed E-state index contributed by atoms with van der Waals surface area (Å²) in [5.74, 6) is 0.0146. The third kappa shape index (κ3) is 3.71. The lowest BCUT2D eigenvalue weighted by Gasteiger charge is -2.11. The zero-order valence-electron chi connectivity index (χ0n) is 10.1. The summed E-state index contributed by atoms with van der Waals surface area (Å²) < 4.78 is 0. The van der Waals surface area contributed by atoms with E-state index < -0.39 is 0 Å². The fraction of sp³-hybridized carbons (Fsp3) is 0.357. The molecule has 0 saturated carbocycles. The molecule has 1 amide bonds. The molecule has 0 spiro atoms. The lowest BCUT2D eigenvalue weighted by Crippen LogP contribution is -2.34. The van der Waals surface area contributed by atoms with Crippen LogP contribution in [0.3, 0.4) is 0 Å². The number of rotatable bonds is 4. The average Bonchev–Trinajstić information content (AvgIpc) is 2.83. The monoisotopic (exact) mass is 230 g/mol. The molecule has 0 fully saturated rings. The molecule has 90 valence electrons. The Labute approximate surface area is 102 Å². The van der Waals surface area contributed by atoms with E-state index in [-0.39, 0.29) is 5.91 Å². The van der Waals surface area contributed by atoms with Gasteiger partial charge in [0.15, 0.2) is 0 Å². The minimum atomic E-state index is 0.0146. The lowest BCUT2D eigenvalue weighted by molar-refractivity contribution is -0.115. The summed E-state index contributed by atoms with van der Waals surface area (Å²) >= 11 is 0. The lowest BCUT2D eigenvalue weighted by atomic mass is 10.2. The zero-order chi connectivity index (χ0) is 12.1. The number of hydrogen-bond acceptors (Lipinski definition) is 2. The first kappa shape index (κ1) is 11.9. The summed E-state index contributed by atoms with van der Waals surface area (Å²) in [6, 6.07) is 8.25. The molecule has 17 heavy (non-hydrogen) atoms. The second-order valence-electron chi connectivity index (χ2n) is 4.43. The van der Waals surface area contributed by atoms with E-state index in [1.165, 1.54) is 5.56 Å². The number of carbonyl (C=O) groups is 1. The third-order valence-electron chi connectivity index (χ3n) is 2.89.